The van der Waals surface area contributed by atoms with Gasteiger partial charge in [0.2, 0.25) is 10.0 Å². The number of phenolic OH excluding ortho intramolecular Hbond substituents is 1. The second-order valence-corrected chi connectivity index (χ2v) is 8.78. The van der Waals surface area contributed by atoms with Gasteiger partial charge in [-0.1, -0.05) is 35.3 Å². The van der Waals surface area contributed by atoms with E-state index < -0.39 is 32.6 Å². The van der Waals surface area contributed by atoms with E-state index in [0.29, 0.717) is 18.4 Å². The van der Waals surface area contributed by atoms with Crippen LogP contribution in [0.5, 0.6) is 5.75 Å². The van der Waals surface area contributed by atoms with Crippen LogP contribution in [0.25, 0.3) is 0 Å². The Morgan fingerprint density at radius 3 is 2.35 bits per heavy atom. The Kier molecular flexibility index (Phi) is 5.46. The molecule has 0 spiro atoms. The van der Waals surface area contributed by atoms with Crippen molar-refractivity contribution in [2.24, 2.45) is 0 Å². The third kappa shape index (κ3) is 3.97. The molecule has 0 amide bonds. The van der Waals surface area contributed by atoms with Crippen LogP contribution < -0.4 is 0 Å². The number of phenols is 1. The Morgan fingerprint density at radius 1 is 1.19 bits per heavy atom. The van der Waals surface area contributed by atoms with Gasteiger partial charge in [-0.2, -0.15) is 4.31 Å². The van der Waals surface area contributed by atoms with Crippen molar-refractivity contribution in [3.8, 4) is 5.75 Å². The van der Waals surface area contributed by atoms with Crippen LogP contribution >= 0.6 is 23.2 Å². The molecule has 5 nitrogen and oxygen atoms in total. The minimum atomic E-state index is -4.17. The van der Waals surface area contributed by atoms with E-state index in [-0.39, 0.29) is 22.6 Å². The molecule has 0 radical (unpaired) electrons. The highest BCUT2D eigenvalue weighted by Crippen LogP contribution is 2.40. The van der Waals surface area contributed by atoms with Gasteiger partial charge in [-0.15, -0.1) is 0 Å². The summed E-state index contributed by atoms with van der Waals surface area (Å²) in [6.07, 6.45) is 0.127. The van der Waals surface area contributed by atoms with Gasteiger partial charge in [-0.05, 0) is 36.6 Å². The van der Waals surface area contributed by atoms with Crippen LogP contribution in [0.1, 0.15) is 24.5 Å². The van der Waals surface area contributed by atoms with Gasteiger partial charge in [0, 0.05) is 23.7 Å². The quantitative estimate of drug-likeness (QED) is 0.747. The number of halogens is 3. The van der Waals surface area contributed by atoms with Crippen molar-refractivity contribution in [2.45, 2.75) is 29.9 Å². The first-order chi connectivity index (χ1) is 12.2. The summed E-state index contributed by atoms with van der Waals surface area (Å²) in [5, 5.41) is 20.4. The van der Waals surface area contributed by atoms with E-state index in [1.165, 1.54) is 30.3 Å². The van der Waals surface area contributed by atoms with E-state index in [2.05, 4.69) is 0 Å². The fraction of sp³-hybridized carbons (Fsp3) is 0.294. The van der Waals surface area contributed by atoms with Gasteiger partial charge in [-0.3, -0.25) is 0 Å². The molecule has 1 fully saturated rings. The van der Waals surface area contributed by atoms with E-state index in [1.807, 2.05) is 0 Å². The number of hydrogen-bond acceptors (Lipinski definition) is 4. The summed E-state index contributed by atoms with van der Waals surface area (Å²) in [7, 11) is -4.17. The van der Waals surface area contributed by atoms with Crippen molar-refractivity contribution in [3.05, 3.63) is 57.8 Å². The number of rotatable bonds is 6. The highest BCUT2D eigenvalue weighted by molar-refractivity contribution is 7.89. The van der Waals surface area contributed by atoms with Gasteiger partial charge in [-0.25, -0.2) is 12.8 Å². The summed E-state index contributed by atoms with van der Waals surface area (Å²) in [5.41, 5.74) is 0.388. The first kappa shape index (κ1) is 19.4. The molecule has 9 heteroatoms. The molecule has 0 aliphatic heterocycles. The molecule has 1 aliphatic carbocycles. The van der Waals surface area contributed by atoms with Crippen LogP contribution in [-0.4, -0.2) is 35.5 Å². The van der Waals surface area contributed by atoms with Gasteiger partial charge in [0.05, 0.1) is 11.1 Å². The maximum atomic E-state index is 13.1. The Morgan fingerprint density at radius 2 is 1.81 bits per heavy atom. The molecule has 26 heavy (non-hydrogen) atoms. The summed E-state index contributed by atoms with van der Waals surface area (Å²) >= 11 is 11.8. The molecule has 1 unspecified atom stereocenters. The third-order valence-electron chi connectivity index (χ3n) is 4.12. The smallest absolute Gasteiger partial charge is 0.248 e. The Labute approximate surface area is 160 Å². The first-order valence-corrected chi connectivity index (χ1v) is 10.0. The van der Waals surface area contributed by atoms with Crippen molar-refractivity contribution in [1.82, 2.24) is 4.31 Å². The molecular weight excluding hydrogens is 404 g/mol. The normalized spacial score (nSPS) is 16.0. The van der Waals surface area contributed by atoms with Gasteiger partial charge in [0.1, 0.15) is 16.5 Å². The molecule has 3 rings (SSSR count). The van der Waals surface area contributed by atoms with Crippen LogP contribution in [0.15, 0.2) is 41.3 Å². The van der Waals surface area contributed by atoms with E-state index in [9.17, 15) is 23.0 Å². The molecule has 0 heterocycles. The largest absolute Gasteiger partial charge is 0.506 e. The Hall–Kier alpha value is -1.38. The second-order valence-electron chi connectivity index (χ2n) is 6.11. The van der Waals surface area contributed by atoms with Gasteiger partial charge >= 0.3 is 0 Å². The summed E-state index contributed by atoms with van der Waals surface area (Å²) in [5.74, 6) is -1.00. The standard InChI is InChI=1S/C17H16Cl2FNO4S/c18-11-7-14(19)17(15(22)8-11)26(24,25)21(13-5-6-13)9-16(23)10-1-3-12(20)4-2-10/h1-4,7-8,13,16,22-23H,5-6,9H2. The Bertz CT molecular complexity index is 894. The molecule has 0 aromatic heterocycles. The van der Waals surface area contributed by atoms with E-state index >= 15 is 0 Å². The van der Waals surface area contributed by atoms with Crippen molar-refractivity contribution >= 4 is 33.2 Å². The molecule has 1 saturated carbocycles. The van der Waals surface area contributed by atoms with Crippen LogP contribution in [0.4, 0.5) is 4.39 Å². The molecule has 1 atom stereocenters. The van der Waals surface area contributed by atoms with E-state index in [4.69, 9.17) is 23.2 Å². The summed E-state index contributed by atoms with van der Waals surface area (Å²) in [6.45, 7) is -0.239. The topological polar surface area (TPSA) is 77.8 Å². The van der Waals surface area contributed by atoms with Crippen molar-refractivity contribution in [2.75, 3.05) is 6.54 Å². The van der Waals surface area contributed by atoms with Crippen LogP contribution in [-0.2, 0) is 10.0 Å². The van der Waals surface area contributed by atoms with Crippen LogP contribution in [0, 0.1) is 5.82 Å². The van der Waals surface area contributed by atoms with Crippen LogP contribution in [0.3, 0.4) is 0 Å². The second kappa shape index (κ2) is 7.32. The number of aliphatic hydroxyl groups is 1. The number of aliphatic hydroxyl groups excluding tert-OH is 1. The lowest BCUT2D eigenvalue weighted by atomic mass is 10.1. The lowest BCUT2D eigenvalue weighted by Gasteiger charge is -2.25. The molecule has 140 valence electrons. The van der Waals surface area contributed by atoms with Crippen molar-refractivity contribution in [1.29, 1.82) is 0 Å². The first-order valence-electron chi connectivity index (χ1n) is 7.83. The fourth-order valence-electron chi connectivity index (χ4n) is 2.69. The lowest BCUT2D eigenvalue weighted by Crippen LogP contribution is -2.36. The zero-order valence-corrected chi connectivity index (χ0v) is 15.8. The molecule has 1 aliphatic rings. The molecule has 0 saturated heterocycles. The van der Waals surface area contributed by atoms with Crippen molar-refractivity contribution in [3.63, 3.8) is 0 Å². The lowest BCUT2D eigenvalue weighted by molar-refractivity contribution is 0.145. The summed E-state index contributed by atoms with van der Waals surface area (Å²) < 4.78 is 40.3. The third-order valence-corrected chi connectivity index (χ3v) is 6.76. The predicted octanol–water partition coefficient (Wildman–Crippen LogP) is 3.72. The number of nitrogens with zero attached hydrogens (tertiary/aromatic N) is 1. The SMILES string of the molecule is O=S(=O)(c1c(O)cc(Cl)cc1Cl)N(CC(O)c1ccc(F)cc1)C1CC1. The zero-order valence-electron chi connectivity index (χ0n) is 13.4. The highest BCUT2D eigenvalue weighted by atomic mass is 35.5. The molecule has 2 aromatic rings. The minimum absolute atomic E-state index is 0.107. The average molecular weight is 420 g/mol. The number of sulfonamides is 1. The highest BCUT2D eigenvalue weighted by Gasteiger charge is 2.41. The van der Waals surface area contributed by atoms with E-state index in [1.54, 1.807) is 0 Å². The number of hydrogen-bond donors (Lipinski definition) is 2. The maximum absolute atomic E-state index is 13.1. The minimum Gasteiger partial charge on any atom is -0.506 e. The van der Waals surface area contributed by atoms with Crippen molar-refractivity contribution < 1.29 is 23.0 Å². The molecular formula is C17H16Cl2FNO4S. The predicted molar refractivity (Wildman–Crippen MR) is 96.4 cm³/mol. The molecule has 0 bridgehead atoms. The Balaban J connectivity index is 1.94. The van der Waals surface area contributed by atoms with Gasteiger partial charge in [0.25, 0.3) is 0 Å². The van der Waals surface area contributed by atoms with E-state index in [0.717, 1.165) is 10.4 Å². The van der Waals surface area contributed by atoms with Gasteiger partial charge < -0.3 is 10.2 Å². The number of benzene rings is 2. The monoisotopic (exact) mass is 419 g/mol. The zero-order chi connectivity index (χ0) is 19.1. The van der Waals surface area contributed by atoms with Gasteiger partial charge in [0.15, 0.2) is 0 Å². The molecule has 2 aromatic carbocycles. The number of aromatic hydroxyl groups is 1. The summed E-state index contributed by atoms with van der Waals surface area (Å²) in [6, 6.07) is 7.21. The fourth-order valence-corrected chi connectivity index (χ4v) is 5.27. The van der Waals surface area contributed by atoms with Crippen LogP contribution in [0.2, 0.25) is 10.0 Å². The molecule has 2 N–H and O–H groups in total. The average Bonchev–Trinajstić information content (AvgIpc) is 3.36. The summed E-state index contributed by atoms with van der Waals surface area (Å²) in [4.78, 5) is -0.443. The maximum Gasteiger partial charge on any atom is 0.248 e.